The fourth-order valence-electron chi connectivity index (χ4n) is 2.48. The maximum absolute atomic E-state index is 5.99. The second-order valence-electron chi connectivity index (χ2n) is 5.18. The van der Waals surface area contributed by atoms with Crippen molar-refractivity contribution < 1.29 is 0 Å². The zero-order valence-electron chi connectivity index (χ0n) is 11.3. The maximum atomic E-state index is 5.99. The quantitative estimate of drug-likeness (QED) is 0.809. The smallest absolute Gasteiger partial charge is 0.0548 e. The molecular weight excluding hydrogens is 324 g/mol. The van der Waals surface area contributed by atoms with Crippen molar-refractivity contribution in [3.63, 3.8) is 0 Å². The van der Waals surface area contributed by atoms with Gasteiger partial charge in [0.2, 0.25) is 0 Å². The Morgan fingerprint density at radius 2 is 1.89 bits per heavy atom. The predicted octanol–water partition coefficient (Wildman–Crippen LogP) is 4.07. The largest absolute Gasteiger partial charge is 0.311 e. The van der Waals surface area contributed by atoms with E-state index >= 15 is 0 Å². The molecule has 0 radical (unpaired) electrons. The molecule has 2 rings (SSSR count). The minimum atomic E-state index is 0.772. The molecule has 0 aromatic heterocycles. The number of likely N-dealkylation sites (tertiary alicyclic amines) is 1. The molecule has 1 aliphatic rings. The maximum Gasteiger partial charge on any atom is 0.0548 e. The van der Waals surface area contributed by atoms with Crippen LogP contribution < -0.4 is 5.32 Å². The zero-order valence-corrected chi connectivity index (χ0v) is 13.6. The van der Waals surface area contributed by atoms with Crippen LogP contribution >= 0.6 is 27.5 Å². The Labute approximate surface area is 129 Å². The summed E-state index contributed by atoms with van der Waals surface area (Å²) in [5.41, 5.74) is 1.27. The van der Waals surface area contributed by atoms with Gasteiger partial charge in [0.25, 0.3) is 0 Å². The van der Waals surface area contributed by atoms with Crippen LogP contribution in [0.15, 0.2) is 22.7 Å². The van der Waals surface area contributed by atoms with Crippen molar-refractivity contribution in [2.45, 2.75) is 32.2 Å². The van der Waals surface area contributed by atoms with Crippen molar-refractivity contribution >= 4 is 27.5 Å². The van der Waals surface area contributed by atoms with Crippen molar-refractivity contribution in [3.05, 3.63) is 33.3 Å². The van der Waals surface area contributed by atoms with Gasteiger partial charge in [0.1, 0.15) is 0 Å². The molecule has 0 saturated carbocycles. The average molecular weight is 346 g/mol. The van der Waals surface area contributed by atoms with Gasteiger partial charge >= 0.3 is 0 Å². The van der Waals surface area contributed by atoms with Crippen LogP contribution in [0.25, 0.3) is 0 Å². The predicted molar refractivity (Wildman–Crippen MR) is 85.8 cm³/mol. The zero-order chi connectivity index (χ0) is 13.5. The minimum Gasteiger partial charge on any atom is -0.311 e. The third-order valence-electron chi connectivity index (χ3n) is 3.62. The van der Waals surface area contributed by atoms with Crippen LogP contribution in [-0.4, -0.2) is 31.1 Å². The van der Waals surface area contributed by atoms with Crippen LogP contribution in [0.1, 0.15) is 31.2 Å². The van der Waals surface area contributed by atoms with Gasteiger partial charge in [-0.15, -0.1) is 0 Å². The number of nitrogens with zero attached hydrogens (tertiary/aromatic N) is 1. The van der Waals surface area contributed by atoms with Gasteiger partial charge in [0.15, 0.2) is 0 Å². The lowest BCUT2D eigenvalue weighted by Gasteiger charge is -2.19. The van der Waals surface area contributed by atoms with Gasteiger partial charge in [-0.25, -0.2) is 0 Å². The molecule has 1 heterocycles. The average Bonchev–Trinajstić information content (AvgIpc) is 2.67. The Morgan fingerprint density at radius 1 is 1.16 bits per heavy atom. The summed E-state index contributed by atoms with van der Waals surface area (Å²) in [6.45, 7) is 5.67. The summed E-state index contributed by atoms with van der Waals surface area (Å²) >= 11 is 9.44. The Kier molecular flexibility index (Phi) is 6.65. The van der Waals surface area contributed by atoms with Crippen LogP contribution in [0.2, 0.25) is 5.02 Å². The topological polar surface area (TPSA) is 15.3 Å². The van der Waals surface area contributed by atoms with E-state index in [1.165, 1.54) is 44.3 Å². The third-order valence-corrected chi connectivity index (χ3v) is 4.83. The summed E-state index contributed by atoms with van der Waals surface area (Å²) in [6.07, 6.45) is 5.54. The molecule has 0 atom stereocenters. The monoisotopic (exact) mass is 344 g/mol. The molecule has 2 nitrogen and oxygen atoms in total. The van der Waals surface area contributed by atoms with Crippen LogP contribution in [0.3, 0.4) is 0 Å². The van der Waals surface area contributed by atoms with E-state index in [-0.39, 0.29) is 0 Å². The van der Waals surface area contributed by atoms with E-state index in [1.807, 2.05) is 6.07 Å². The molecule has 1 fully saturated rings. The summed E-state index contributed by atoms with van der Waals surface area (Å²) in [6, 6.07) is 6.10. The summed E-state index contributed by atoms with van der Waals surface area (Å²) in [7, 11) is 0. The van der Waals surface area contributed by atoms with Crippen molar-refractivity contribution in [2.24, 2.45) is 0 Å². The van der Waals surface area contributed by atoms with E-state index in [9.17, 15) is 0 Å². The second kappa shape index (κ2) is 8.25. The van der Waals surface area contributed by atoms with Crippen molar-refractivity contribution in [2.75, 3.05) is 26.2 Å². The highest BCUT2D eigenvalue weighted by molar-refractivity contribution is 9.10. The van der Waals surface area contributed by atoms with Crippen LogP contribution in [0, 0.1) is 0 Å². The van der Waals surface area contributed by atoms with E-state index in [4.69, 9.17) is 11.6 Å². The molecular formula is C15H22BrClN2. The first-order valence-corrected chi connectivity index (χ1v) is 8.30. The lowest BCUT2D eigenvalue weighted by atomic mass is 10.2. The number of hydrogen-bond acceptors (Lipinski definition) is 2. The summed E-state index contributed by atoms with van der Waals surface area (Å²) < 4.78 is 0.973. The van der Waals surface area contributed by atoms with E-state index in [0.29, 0.717) is 0 Å². The molecule has 0 spiro atoms. The fraction of sp³-hybridized carbons (Fsp3) is 0.600. The lowest BCUT2D eigenvalue weighted by molar-refractivity contribution is 0.284. The molecule has 106 valence electrons. The molecule has 1 aromatic carbocycles. The molecule has 1 aliphatic heterocycles. The number of nitrogens with one attached hydrogen (secondary N) is 1. The van der Waals surface area contributed by atoms with E-state index in [2.05, 4.69) is 38.3 Å². The number of hydrogen-bond donors (Lipinski definition) is 1. The van der Waals surface area contributed by atoms with Crippen LogP contribution in [-0.2, 0) is 6.54 Å². The highest BCUT2D eigenvalue weighted by Gasteiger charge is 2.07. The molecule has 0 aliphatic carbocycles. The third kappa shape index (κ3) is 5.42. The Morgan fingerprint density at radius 3 is 2.58 bits per heavy atom. The summed E-state index contributed by atoms with van der Waals surface area (Å²) in [5, 5.41) is 4.28. The number of rotatable bonds is 5. The van der Waals surface area contributed by atoms with E-state index in [0.717, 1.165) is 29.1 Å². The number of benzene rings is 1. The number of halogens is 2. The minimum absolute atomic E-state index is 0.772. The van der Waals surface area contributed by atoms with Crippen molar-refractivity contribution in [1.82, 2.24) is 10.2 Å². The van der Waals surface area contributed by atoms with Crippen molar-refractivity contribution in [1.29, 1.82) is 0 Å². The van der Waals surface area contributed by atoms with Crippen LogP contribution in [0.4, 0.5) is 0 Å². The fourth-order valence-corrected chi connectivity index (χ4v) is 3.02. The first-order valence-electron chi connectivity index (χ1n) is 7.13. The van der Waals surface area contributed by atoms with E-state index < -0.39 is 0 Å². The highest BCUT2D eigenvalue weighted by atomic mass is 79.9. The second-order valence-corrected chi connectivity index (χ2v) is 6.44. The van der Waals surface area contributed by atoms with Gasteiger partial charge < -0.3 is 10.2 Å². The first kappa shape index (κ1) is 15.3. The Hall–Kier alpha value is -0.0900. The molecule has 0 amide bonds. The van der Waals surface area contributed by atoms with Crippen molar-refractivity contribution in [3.8, 4) is 0 Å². The Bertz CT molecular complexity index is 390. The van der Waals surface area contributed by atoms with Gasteiger partial charge in [-0.2, -0.15) is 0 Å². The highest BCUT2D eigenvalue weighted by Crippen LogP contribution is 2.23. The molecule has 1 saturated heterocycles. The molecule has 4 heteroatoms. The standard InChI is InChI=1S/C15H22BrClN2/c16-14-11-13(5-6-15(14)17)12-18-7-10-19-8-3-1-2-4-9-19/h5-6,11,18H,1-4,7-10,12H2. The van der Waals surface area contributed by atoms with E-state index in [1.54, 1.807) is 0 Å². The molecule has 0 bridgehead atoms. The Balaban J connectivity index is 1.67. The summed E-state index contributed by atoms with van der Waals surface area (Å²) in [4.78, 5) is 2.58. The molecule has 19 heavy (non-hydrogen) atoms. The van der Waals surface area contributed by atoms with Crippen LogP contribution in [0.5, 0.6) is 0 Å². The van der Waals surface area contributed by atoms with Gasteiger partial charge in [-0.05, 0) is 59.6 Å². The summed E-state index contributed by atoms with van der Waals surface area (Å²) in [5.74, 6) is 0. The normalized spacial score (nSPS) is 17.4. The van der Waals surface area contributed by atoms with Gasteiger partial charge in [-0.1, -0.05) is 30.5 Å². The SMILES string of the molecule is Clc1ccc(CNCCN2CCCCCC2)cc1Br. The molecule has 1 N–H and O–H groups in total. The molecule has 1 aromatic rings. The van der Waals surface area contributed by atoms with Gasteiger partial charge in [0, 0.05) is 24.1 Å². The molecule has 0 unspecified atom stereocenters. The van der Waals surface area contributed by atoms with Gasteiger partial charge in [0.05, 0.1) is 5.02 Å². The van der Waals surface area contributed by atoms with Gasteiger partial charge in [-0.3, -0.25) is 0 Å². The first-order chi connectivity index (χ1) is 9.25. The lowest BCUT2D eigenvalue weighted by Crippen LogP contribution is -2.32.